The van der Waals surface area contributed by atoms with Gasteiger partial charge in [-0.25, -0.2) is 0 Å². The molecular weight excluding hydrogens is 342 g/mol. The molecule has 2 nitrogen and oxygen atoms in total. The van der Waals surface area contributed by atoms with Crippen molar-refractivity contribution >= 4 is 22.4 Å². The highest BCUT2D eigenvalue weighted by atomic mass is 35.5. The maximum absolute atomic E-state index is 6.27. The van der Waals surface area contributed by atoms with Crippen LogP contribution in [-0.2, 0) is 13.1 Å². The zero-order chi connectivity index (χ0) is 18.2. The summed E-state index contributed by atoms with van der Waals surface area (Å²) in [5.74, 6) is 0.978. The summed E-state index contributed by atoms with van der Waals surface area (Å²) in [6.45, 7) is 4.46. The Bertz CT molecular complexity index is 846. The second kappa shape index (κ2) is 9.61. The Labute approximate surface area is 161 Å². The minimum Gasteiger partial charge on any atom is -0.493 e. The third kappa shape index (κ3) is 4.78. The number of hydrogen-bond acceptors (Lipinski definition) is 2. The van der Waals surface area contributed by atoms with Crippen molar-refractivity contribution in [3.63, 3.8) is 0 Å². The highest BCUT2D eigenvalue weighted by molar-refractivity contribution is 6.31. The van der Waals surface area contributed by atoms with Gasteiger partial charge in [-0.05, 0) is 34.9 Å². The molecule has 0 saturated carbocycles. The van der Waals surface area contributed by atoms with Gasteiger partial charge in [0.15, 0.2) is 0 Å². The van der Waals surface area contributed by atoms with Crippen LogP contribution in [0.25, 0.3) is 10.8 Å². The first-order valence-corrected chi connectivity index (χ1v) is 9.75. The molecule has 3 aromatic rings. The SMILES string of the molecule is CCCCCOc1ccc2ccccc2c1CNCc1ccccc1Cl. The Balaban J connectivity index is 1.76. The molecule has 0 bridgehead atoms. The Morgan fingerprint density at radius 3 is 2.54 bits per heavy atom. The largest absolute Gasteiger partial charge is 0.493 e. The number of unbranched alkanes of at least 4 members (excludes halogenated alkanes) is 2. The summed E-state index contributed by atoms with van der Waals surface area (Å²) in [5, 5.41) is 6.81. The summed E-state index contributed by atoms with van der Waals surface area (Å²) in [7, 11) is 0. The highest BCUT2D eigenvalue weighted by Crippen LogP contribution is 2.28. The smallest absolute Gasteiger partial charge is 0.124 e. The number of nitrogens with one attached hydrogen (secondary N) is 1. The molecule has 3 rings (SSSR count). The highest BCUT2D eigenvalue weighted by Gasteiger charge is 2.09. The molecule has 0 spiro atoms. The van der Waals surface area contributed by atoms with E-state index in [0.717, 1.165) is 42.5 Å². The number of ether oxygens (including phenoxy) is 1. The van der Waals surface area contributed by atoms with E-state index < -0.39 is 0 Å². The minimum atomic E-state index is 0.734. The maximum Gasteiger partial charge on any atom is 0.124 e. The molecule has 0 aliphatic carbocycles. The van der Waals surface area contributed by atoms with Gasteiger partial charge >= 0.3 is 0 Å². The standard InChI is InChI=1S/C23H26ClNO/c1-2-3-8-15-26-23-14-13-18-9-4-6-11-20(18)21(23)17-25-16-19-10-5-7-12-22(19)24/h4-7,9-14,25H,2-3,8,15-17H2,1H3. The third-order valence-corrected chi connectivity index (χ3v) is 4.95. The normalized spacial score (nSPS) is 11.0. The van der Waals surface area contributed by atoms with E-state index in [2.05, 4.69) is 54.7 Å². The lowest BCUT2D eigenvalue weighted by Gasteiger charge is -2.15. The third-order valence-electron chi connectivity index (χ3n) is 4.58. The van der Waals surface area contributed by atoms with Gasteiger partial charge in [0.25, 0.3) is 0 Å². The Kier molecular flexibility index (Phi) is 6.93. The first-order valence-electron chi connectivity index (χ1n) is 9.37. The summed E-state index contributed by atoms with van der Waals surface area (Å²) >= 11 is 6.27. The fraction of sp³-hybridized carbons (Fsp3) is 0.304. The molecular formula is C23H26ClNO. The van der Waals surface area contributed by atoms with Crippen LogP contribution in [0.15, 0.2) is 60.7 Å². The first kappa shape index (κ1) is 18.8. The van der Waals surface area contributed by atoms with Crippen molar-refractivity contribution in [3.05, 3.63) is 76.8 Å². The Morgan fingerprint density at radius 1 is 0.885 bits per heavy atom. The molecule has 0 atom stereocenters. The molecule has 0 radical (unpaired) electrons. The predicted octanol–water partition coefficient (Wildman–Crippen LogP) is 6.35. The van der Waals surface area contributed by atoms with Crippen molar-refractivity contribution in [1.29, 1.82) is 0 Å². The molecule has 3 aromatic carbocycles. The van der Waals surface area contributed by atoms with Crippen molar-refractivity contribution in [2.45, 2.75) is 39.3 Å². The van der Waals surface area contributed by atoms with E-state index in [4.69, 9.17) is 16.3 Å². The zero-order valence-electron chi connectivity index (χ0n) is 15.3. The average molecular weight is 368 g/mol. The second-order valence-electron chi connectivity index (χ2n) is 6.51. The number of fused-ring (bicyclic) bond motifs is 1. The van der Waals surface area contributed by atoms with Crippen molar-refractivity contribution < 1.29 is 4.74 Å². The first-order chi connectivity index (χ1) is 12.8. The quantitative estimate of drug-likeness (QED) is 0.445. The minimum absolute atomic E-state index is 0.734. The van der Waals surface area contributed by atoms with Gasteiger partial charge in [0, 0.05) is 23.7 Å². The van der Waals surface area contributed by atoms with Gasteiger partial charge in [0.2, 0.25) is 0 Å². The van der Waals surface area contributed by atoms with Crippen LogP contribution in [0.2, 0.25) is 5.02 Å². The van der Waals surface area contributed by atoms with E-state index in [1.807, 2.05) is 18.2 Å². The monoisotopic (exact) mass is 367 g/mol. The Morgan fingerprint density at radius 2 is 1.69 bits per heavy atom. The van der Waals surface area contributed by atoms with E-state index >= 15 is 0 Å². The zero-order valence-corrected chi connectivity index (χ0v) is 16.1. The molecule has 0 aromatic heterocycles. The lowest BCUT2D eigenvalue weighted by Crippen LogP contribution is -2.14. The van der Waals surface area contributed by atoms with Crippen molar-refractivity contribution in [2.75, 3.05) is 6.61 Å². The van der Waals surface area contributed by atoms with Crippen molar-refractivity contribution in [2.24, 2.45) is 0 Å². The van der Waals surface area contributed by atoms with E-state index in [1.54, 1.807) is 0 Å². The number of halogens is 1. The molecule has 3 heteroatoms. The van der Waals surface area contributed by atoms with Gasteiger partial charge in [0.1, 0.15) is 5.75 Å². The number of rotatable bonds is 9. The molecule has 0 saturated heterocycles. The van der Waals surface area contributed by atoms with Gasteiger partial charge in [-0.1, -0.05) is 79.9 Å². The van der Waals surface area contributed by atoms with Gasteiger partial charge < -0.3 is 10.1 Å². The molecule has 0 heterocycles. The maximum atomic E-state index is 6.27. The van der Waals surface area contributed by atoms with E-state index in [-0.39, 0.29) is 0 Å². The van der Waals surface area contributed by atoms with E-state index in [0.29, 0.717) is 0 Å². The van der Waals surface area contributed by atoms with Crippen molar-refractivity contribution in [3.8, 4) is 5.75 Å². The second-order valence-corrected chi connectivity index (χ2v) is 6.92. The van der Waals surface area contributed by atoms with Crippen LogP contribution in [0.3, 0.4) is 0 Å². The van der Waals surface area contributed by atoms with Crippen LogP contribution in [0.1, 0.15) is 37.3 Å². The summed E-state index contributed by atoms with van der Waals surface area (Å²) in [4.78, 5) is 0. The molecule has 0 unspecified atom stereocenters. The topological polar surface area (TPSA) is 21.3 Å². The van der Waals surface area contributed by atoms with Crippen LogP contribution < -0.4 is 10.1 Å². The number of benzene rings is 3. The summed E-state index contributed by atoms with van der Waals surface area (Å²) in [5.41, 5.74) is 2.33. The molecule has 0 fully saturated rings. The molecule has 26 heavy (non-hydrogen) atoms. The fourth-order valence-corrected chi connectivity index (χ4v) is 3.33. The average Bonchev–Trinajstić information content (AvgIpc) is 2.67. The molecule has 1 N–H and O–H groups in total. The van der Waals surface area contributed by atoms with Crippen LogP contribution >= 0.6 is 11.6 Å². The van der Waals surface area contributed by atoms with Gasteiger partial charge in [-0.15, -0.1) is 0 Å². The van der Waals surface area contributed by atoms with Crippen LogP contribution in [0.5, 0.6) is 5.75 Å². The lowest BCUT2D eigenvalue weighted by molar-refractivity contribution is 0.303. The fourth-order valence-electron chi connectivity index (χ4n) is 3.13. The lowest BCUT2D eigenvalue weighted by atomic mass is 10.0. The Hall–Kier alpha value is -2.03. The number of hydrogen-bond donors (Lipinski definition) is 1. The van der Waals surface area contributed by atoms with Gasteiger partial charge in [0.05, 0.1) is 6.61 Å². The summed E-state index contributed by atoms with van der Waals surface area (Å²) in [6.07, 6.45) is 3.50. The van der Waals surface area contributed by atoms with E-state index in [9.17, 15) is 0 Å². The van der Waals surface area contributed by atoms with Crippen LogP contribution in [-0.4, -0.2) is 6.61 Å². The summed E-state index contributed by atoms with van der Waals surface area (Å²) in [6, 6.07) is 20.7. The molecule has 0 aliphatic rings. The molecule has 0 aliphatic heterocycles. The molecule has 0 amide bonds. The van der Waals surface area contributed by atoms with Crippen LogP contribution in [0.4, 0.5) is 0 Å². The molecule has 136 valence electrons. The van der Waals surface area contributed by atoms with Crippen LogP contribution in [0, 0.1) is 0 Å². The van der Waals surface area contributed by atoms with E-state index in [1.165, 1.54) is 29.2 Å². The van der Waals surface area contributed by atoms with Gasteiger partial charge in [-0.3, -0.25) is 0 Å². The van der Waals surface area contributed by atoms with Gasteiger partial charge in [-0.2, -0.15) is 0 Å². The predicted molar refractivity (Wildman–Crippen MR) is 111 cm³/mol. The summed E-state index contributed by atoms with van der Waals surface area (Å²) < 4.78 is 6.11. The van der Waals surface area contributed by atoms with Crippen molar-refractivity contribution in [1.82, 2.24) is 5.32 Å².